The summed E-state index contributed by atoms with van der Waals surface area (Å²) >= 11 is 0. The van der Waals surface area contributed by atoms with Crippen molar-refractivity contribution in [1.29, 1.82) is 0 Å². The summed E-state index contributed by atoms with van der Waals surface area (Å²) in [7, 11) is -2.48. The van der Waals surface area contributed by atoms with Gasteiger partial charge >= 0.3 is 6.18 Å². The first-order valence-electron chi connectivity index (χ1n) is 7.50. The highest BCUT2D eigenvalue weighted by Crippen LogP contribution is 2.29. The zero-order chi connectivity index (χ0) is 19.5. The van der Waals surface area contributed by atoms with E-state index >= 15 is 0 Å². The van der Waals surface area contributed by atoms with Gasteiger partial charge in [0.05, 0.1) is 10.5 Å². The fourth-order valence-corrected chi connectivity index (χ4v) is 3.39. The zero-order valence-corrected chi connectivity index (χ0v) is 14.9. The summed E-state index contributed by atoms with van der Waals surface area (Å²) in [5.74, 6) is -0.278. The monoisotopic (exact) mass is 386 g/mol. The summed E-state index contributed by atoms with van der Waals surface area (Å²) in [6, 6.07) is 9.94. The van der Waals surface area contributed by atoms with Gasteiger partial charge in [0.1, 0.15) is 0 Å². The Kier molecular flexibility index (Phi) is 5.72. The van der Waals surface area contributed by atoms with Gasteiger partial charge in [0, 0.05) is 26.2 Å². The Morgan fingerprint density at radius 1 is 1.04 bits per heavy atom. The molecule has 0 saturated carbocycles. The molecule has 2 aromatic carbocycles. The Morgan fingerprint density at radius 3 is 2.04 bits per heavy atom. The molecule has 0 aliphatic rings. The first-order valence-corrected chi connectivity index (χ1v) is 8.94. The van der Waals surface area contributed by atoms with Gasteiger partial charge in [0.25, 0.3) is 0 Å². The van der Waals surface area contributed by atoms with Crippen LogP contribution >= 0.6 is 0 Å². The van der Waals surface area contributed by atoms with Gasteiger partial charge in [-0.05, 0) is 42.0 Å². The molecule has 0 atom stereocenters. The number of amides is 1. The summed E-state index contributed by atoms with van der Waals surface area (Å²) in [5.41, 5.74) is 0.0982. The highest BCUT2D eigenvalue weighted by molar-refractivity contribution is 7.89. The molecule has 1 amide bonds. The van der Waals surface area contributed by atoms with E-state index in [9.17, 15) is 26.4 Å². The van der Waals surface area contributed by atoms with Crippen LogP contribution in [0.25, 0.3) is 0 Å². The molecule has 0 bridgehead atoms. The van der Waals surface area contributed by atoms with Gasteiger partial charge < -0.3 is 5.32 Å². The molecule has 0 aliphatic heterocycles. The predicted octanol–water partition coefficient (Wildman–Crippen LogP) is 3.48. The van der Waals surface area contributed by atoms with Crippen LogP contribution in [0.5, 0.6) is 0 Å². The van der Waals surface area contributed by atoms with Crippen molar-refractivity contribution in [2.45, 2.75) is 24.5 Å². The molecule has 5 nitrogen and oxygen atoms in total. The van der Waals surface area contributed by atoms with Crippen LogP contribution in [0.4, 0.5) is 18.9 Å². The molecular weight excluding hydrogens is 369 g/mol. The second-order valence-electron chi connectivity index (χ2n) is 5.66. The lowest BCUT2D eigenvalue weighted by Crippen LogP contribution is -2.26. The molecular formula is C17H17F3N2O3S. The van der Waals surface area contributed by atoms with Crippen molar-refractivity contribution in [3.8, 4) is 0 Å². The van der Waals surface area contributed by atoms with Crippen LogP contribution in [0.1, 0.15) is 18.1 Å². The van der Waals surface area contributed by atoms with Crippen LogP contribution < -0.4 is 5.32 Å². The number of carbonyl (C=O) groups excluding carboxylic acids is 1. The van der Waals surface area contributed by atoms with Crippen molar-refractivity contribution in [3.63, 3.8) is 0 Å². The van der Waals surface area contributed by atoms with Gasteiger partial charge in [-0.1, -0.05) is 12.1 Å². The number of hydrogen-bond acceptors (Lipinski definition) is 3. The minimum absolute atomic E-state index is 0.0148. The fourth-order valence-electron chi connectivity index (χ4n) is 2.23. The van der Waals surface area contributed by atoms with E-state index in [1.165, 1.54) is 50.4 Å². The molecule has 26 heavy (non-hydrogen) atoms. The molecule has 1 N–H and O–H groups in total. The number of carbonyl (C=O) groups is 1. The summed E-state index contributed by atoms with van der Waals surface area (Å²) in [6.07, 6.45) is -4.44. The molecule has 0 radical (unpaired) electrons. The minimum atomic E-state index is -4.44. The highest BCUT2D eigenvalue weighted by Gasteiger charge is 2.30. The summed E-state index contributed by atoms with van der Waals surface area (Å²) < 4.78 is 63.9. The Labute approximate surface area is 149 Å². The van der Waals surface area contributed by atoms with Crippen LogP contribution in [0.3, 0.4) is 0 Å². The maximum absolute atomic E-state index is 12.6. The first kappa shape index (κ1) is 19.9. The van der Waals surface area contributed by atoms with Crippen LogP contribution in [0, 0.1) is 0 Å². The lowest BCUT2D eigenvalue weighted by atomic mass is 10.1. The van der Waals surface area contributed by atoms with Gasteiger partial charge in [-0.3, -0.25) is 4.79 Å². The quantitative estimate of drug-likeness (QED) is 0.856. The molecule has 0 saturated heterocycles. The van der Waals surface area contributed by atoms with Crippen molar-refractivity contribution in [1.82, 2.24) is 4.31 Å². The van der Waals surface area contributed by atoms with Crippen molar-refractivity contribution in [2.24, 2.45) is 0 Å². The first-order chi connectivity index (χ1) is 12.0. The molecule has 0 heterocycles. The van der Waals surface area contributed by atoms with E-state index in [4.69, 9.17) is 0 Å². The number of halogens is 3. The fraction of sp³-hybridized carbons (Fsp3) is 0.235. The molecule has 0 aromatic heterocycles. The number of nitrogens with one attached hydrogen (secondary N) is 1. The topological polar surface area (TPSA) is 66.5 Å². The number of alkyl halides is 3. The van der Waals surface area contributed by atoms with Crippen molar-refractivity contribution < 1.29 is 26.4 Å². The van der Waals surface area contributed by atoms with E-state index < -0.39 is 21.8 Å². The molecule has 2 aromatic rings. The van der Waals surface area contributed by atoms with Crippen molar-refractivity contribution in [2.75, 3.05) is 12.4 Å². The number of benzene rings is 2. The average molecular weight is 386 g/mol. The van der Waals surface area contributed by atoms with Crippen LogP contribution in [-0.4, -0.2) is 25.7 Å². The number of sulfonamides is 1. The Hall–Kier alpha value is -2.39. The SMILES string of the molecule is CC(=O)Nc1ccc(S(=O)(=O)N(C)Cc2ccc(C(F)(F)F)cc2)cc1. The Morgan fingerprint density at radius 2 is 1.58 bits per heavy atom. The van der Waals surface area contributed by atoms with E-state index in [1.54, 1.807) is 0 Å². The molecule has 0 spiro atoms. The zero-order valence-electron chi connectivity index (χ0n) is 14.0. The third kappa shape index (κ3) is 4.83. The van der Waals surface area contributed by atoms with Gasteiger partial charge in [0.2, 0.25) is 15.9 Å². The summed E-state index contributed by atoms with van der Waals surface area (Å²) in [5, 5.41) is 2.53. The van der Waals surface area contributed by atoms with E-state index in [0.717, 1.165) is 16.4 Å². The maximum atomic E-state index is 12.6. The second-order valence-corrected chi connectivity index (χ2v) is 7.71. The van der Waals surface area contributed by atoms with E-state index in [0.29, 0.717) is 11.3 Å². The van der Waals surface area contributed by atoms with Gasteiger partial charge in [-0.2, -0.15) is 17.5 Å². The third-order valence-corrected chi connectivity index (χ3v) is 5.39. The van der Waals surface area contributed by atoms with Gasteiger partial charge in [-0.25, -0.2) is 8.42 Å². The van der Waals surface area contributed by atoms with E-state index in [2.05, 4.69) is 5.32 Å². The average Bonchev–Trinajstić information content (AvgIpc) is 2.54. The van der Waals surface area contributed by atoms with Gasteiger partial charge in [0.15, 0.2) is 0 Å². The van der Waals surface area contributed by atoms with Gasteiger partial charge in [-0.15, -0.1) is 0 Å². The minimum Gasteiger partial charge on any atom is -0.326 e. The third-order valence-electron chi connectivity index (χ3n) is 3.57. The standard InChI is InChI=1S/C17H17F3N2O3S/c1-12(23)21-15-7-9-16(10-8-15)26(24,25)22(2)11-13-3-5-14(6-4-13)17(18,19)20/h3-10H,11H2,1-2H3,(H,21,23). The van der Waals surface area contributed by atoms with Crippen molar-refractivity contribution >= 4 is 21.6 Å². The normalized spacial score (nSPS) is 12.2. The molecule has 2 rings (SSSR count). The summed E-state index contributed by atoms with van der Waals surface area (Å²) in [4.78, 5) is 11.0. The van der Waals surface area contributed by atoms with Crippen LogP contribution in [0.15, 0.2) is 53.4 Å². The second kappa shape index (κ2) is 7.46. The van der Waals surface area contributed by atoms with E-state index in [1.807, 2.05) is 0 Å². The largest absolute Gasteiger partial charge is 0.416 e. The van der Waals surface area contributed by atoms with Crippen LogP contribution in [-0.2, 0) is 27.5 Å². The Bertz CT molecular complexity index is 877. The number of rotatable bonds is 5. The highest BCUT2D eigenvalue weighted by atomic mass is 32.2. The summed E-state index contributed by atoms with van der Waals surface area (Å²) in [6.45, 7) is 1.26. The lowest BCUT2D eigenvalue weighted by molar-refractivity contribution is -0.137. The van der Waals surface area contributed by atoms with Crippen molar-refractivity contribution in [3.05, 3.63) is 59.7 Å². The number of anilines is 1. The molecule has 0 aliphatic carbocycles. The smallest absolute Gasteiger partial charge is 0.326 e. The molecule has 9 heteroatoms. The molecule has 0 fully saturated rings. The van der Waals surface area contributed by atoms with Crippen LogP contribution in [0.2, 0.25) is 0 Å². The Balaban J connectivity index is 2.14. The van der Waals surface area contributed by atoms with E-state index in [-0.39, 0.29) is 17.3 Å². The number of hydrogen-bond donors (Lipinski definition) is 1. The molecule has 0 unspecified atom stereocenters. The molecule has 140 valence electrons. The predicted molar refractivity (Wildman–Crippen MR) is 90.8 cm³/mol. The maximum Gasteiger partial charge on any atom is 0.416 e. The lowest BCUT2D eigenvalue weighted by Gasteiger charge is -2.18. The number of nitrogens with zero attached hydrogens (tertiary/aromatic N) is 1.